The van der Waals surface area contributed by atoms with E-state index in [1.807, 2.05) is 0 Å². The molecule has 2 amide bonds. The predicted octanol–water partition coefficient (Wildman–Crippen LogP) is -0.475. The smallest absolute Gasteiger partial charge is 0.237 e. The van der Waals surface area contributed by atoms with Crippen LogP contribution < -0.4 is 16.4 Å². The minimum atomic E-state index is -0.537. The van der Waals surface area contributed by atoms with Crippen molar-refractivity contribution < 1.29 is 14.3 Å². The second-order valence-electron chi connectivity index (χ2n) is 4.62. The monoisotopic (exact) mass is 257 g/mol. The molecule has 104 valence electrons. The standard InChI is InChI=1S/C12H23N3O3/c1-18-8-6-10(13)12(17)14-7-2-3-11(16)15-9-4-5-9/h9-10H,2-8,13H2,1H3,(H,14,17)(H,15,16). The van der Waals surface area contributed by atoms with Crippen molar-refractivity contribution in [1.82, 2.24) is 10.6 Å². The van der Waals surface area contributed by atoms with Crippen molar-refractivity contribution in [2.45, 2.75) is 44.2 Å². The van der Waals surface area contributed by atoms with Gasteiger partial charge in [0.25, 0.3) is 0 Å². The molecule has 0 spiro atoms. The molecule has 6 nitrogen and oxygen atoms in total. The molecule has 1 atom stereocenters. The normalized spacial score (nSPS) is 16.1. The predicted molar refractivity (Wildman–Crippen MR) is 67.9 cm³/mol. The Morgan fingerprint density at radius 1 is 1.44 bits per heavy atom. The van der Waals surface area contributed by atoms with Crippen LogP contribution in [0.15, 0.2) is 0 Å². The maximum absolute atomic E-state index is 11.5. The minimum absolute atomic E-state index is 0.0652. The van der Waals surface area contributed by atoms with E-state index in [2.05, 4.69) is 10.6 Å². The highest BCUT2D eigenvalue weighted by molar-refractivity contribution is 5.81. The SMILES string of the molecule is COCCC(N)C(=O)NCCCC(=O)NC1CC1. The number of rotatable bonds is 9. The van der Waals surface area contributed by atoms with Crippen LogP contribution in [0.1, 0.15) is 32.1 Å². The molecule has 1 unspecified atom stereocenters. The molecule has 0 aromatic carbocycles. The van der Waals surface area contributed by atoms with Gasteiger partial charge in [-0.05, 0) is 25.7 Å². The number of nitrogens with one attached hydrogen (secondary N) is 2. The molecule has 1 saturated carbocycles. The first-order valence-electron chi connectivity index (χ1n) is 6.45. The van der Waals surface area contributed by atoms with E-state index in [0.29, 0.717) is 38.5 Å². The topological polar surface area (TPSA) is 93.4 Å². The van der Waals surface area contributed by atoms with Crippen LogP contribution in [0.2, 0.25) is 0 Å². The molecule has 1 rings (SSSR count). The first kappa shape index (κ1) is 14.9. The lowest BCUT2D eigenvalue weighted by molar-refractivity contribution is -0.124. The van der Waals surface area contributed by atoms with Crippen LogP contribution in [-0.4, -0.2) is 44.2 Å². The molecule has 6 heteroatoms. The van der Waals surface area contributed by atoms with E-state index in [0.717, 1.165) is 12.8 Å². The number of methoxy groups -OCH3 is 1. The fraction of sp³-hybridized carbons (Fsp3) is 0.833. The van der Waals surface area contributed by atoms with Crippen LogP contribution >= 0.6 is 0 Å². The lowest BCUT2D eigenvalue weighted by Crippen LogP contribution is -2.41. The van der Waals surface area contributed by atoms with Crippen molar-refractivity contribution in [3.05, 3.63) is 0 Å². The molecule has 0 radical (unpaired) electrons. The number of hydrogen-bond donors (Lipinski definition) is 3. The minimum Gasteiger partial charge on any atom is -0.385 e. The van der Waals surface area contributed by atoms with Crippen molar-refractivity contribution in [3.8, 4) is 0 Å². The highest BCUT2D eigenvalue weighted by Gasteiger charge is 2.22. The van der Waals surface area contributed by atoms with E-state index in [-0.39, 0.29) is 11.8 Å². The van der Waals surface area contributed by atoms with Gasteiger partial charge in [-0.25, -0.2) is 0 Å². The Hall–Kier alpha value is -1.14. The van der Waals surface area contributed by atoms with Crippen molar-refractivity contribution >= 4 is 11.8 Å². The van der Waals surface area contributed by atoms with Gasteiger partial charge in [-0.3, -0.25) is 9.59 Å². The molecule has 0 aromatic heterocycles. The van der Waals surface area contributed by atoms with Gasteiger partial charge in [-0.15, -0.1) is 0 Å². The fourth-order valence-corrected chi connectivity index (χ4v) is 1.50. The third-order valence-corrected chi connectivity index (χ3v) is 2.79. The van der Waals surface area contributed by atoms with Gasteiger partial charge < -0.3 is 21.1 Å². The van der Waals surface area contributed by atoms with Gasteiger partial charge >= 0.3 is 0 Å². The number of ether oxygens (including phenoxy) is 1. The van der Waals surface area contributed by atoms with Crippen LogP contribution in [0.5, 0.6) is 0 Å². The summed E-state index contributed by atoms with van der Waals surface area (Å²) in [5.74, 6) is -0.120. The zero-order valence-electron chi connectivity index (χ0n) is 10.9. The van der Waals surface area contributed by atoms with E-state index in [1.165, 1.54) is 0 Å². The number of carbonyl (C=O) groups is 2. The van der Waals surface area contributed by atoms with E-state index in [4.69, 9.17) is 10.5 Å². The van der Waals surface area contributed by atoms with Gasteiger partial charge in [0, 0.05) is 32.7 Å². The number of nitrogens with two attached hydrogens (primary N) is 1. The Kier molecular flexibility index (Phi) is 6.67. The average molecular weight is 257 g/mol. The van der Waals surface area contributed by atoms with Gasteiger partial charge in [0.15, 0.2) is 0 Å². The van der Waals surface area contributed by atoms with E-state index < -0.39 is 6.04 Å². The first-order valence-corrected chi connectivity index (χ1v) is 6.45. The summed E-state index contributed by atoms with van der Waals surface area (Å²) in [7, 11) is 1.57. The zero-order chi connectivity index (χ0) is 13.4. The van der Waals surface area contributed by atoms with Crippen molar-refractivity contribution in [3.63, 3.8) is 0 Å². The highest BCUT2D eigenvalue weighted by atomic mass is 16.5. The molecule has 1 fully saturated rings. The molecular weight excluding hydrogens is 234 g/mol. The molecule has 0 aliphatic heterocycles. The molecule has 0 bridgehead atoms. The van der Waals surface area contributed by atoms with Crippen molar-refractivity contribution in [2.75, 3.05) is 20.3 Å². The summed E-state index contributed by atoms with van der Waals surface area (Å²) in [5.41, 5.74) is 5.65. The Balaban J connectivity index is 1.98. The zero-order valence-corrected chi connectivity index (χ0v) is 10.9. The van der Waals surface area contributed by atoms with Crippen molar-refractivity contribution in [1.29, 1.82) is 0 Å². The third kappa shape index (κ3) is 6.56. The molecule has 18 heavy (non-hydrogen) atoms. The van der Waals surface area contributed by atoms with Gasteiger partial charge in [-0.2, -0.15) is 0 Å². The molecule has 0 heterocycles. The number of carbonyl (C=O) groups excluding carboxylic acids is 2. The Labute approximate surface area is 108 Å². The van der Waals surface area contributed by atoms with E-state index >= 15 is 0 Å². The van der Waals surface area contributed by atoms with Crippen LogP contribution in [0.4, 0.5) is 0 Å². The van der Waals surface area contributed by atoms with Crippen LogP contribution in [0.3, 0.4) is 0 Å². The second kappa shape index (κ2) is 8.05. The lowest BCUT2D eigenvalue weighted by atomic mass is 10.2. The van der Waals surface area contributed by atoms with Gasteiger partial charge in [-0.1, -0.05) is 0 Å². The molecule has 1 aliphatic carbocycles. The Morgan fingerprint density at radius 2 is 2.17 bits per heavy atom. The summed E-state index contributed by atoms with van der Waals surface area (Å²) in [4.78, 5) is 22.8. The molecular formula is C12H23N3O3. The van der Waals surface area contributed by atoms with E-state index in [9.17, 15) is 9.59 Å². The molecule has 0 aromatic rings. The molecule has 4 N–H and O–H groups in total. The summed E-state index contributed by atoms with van der Waals surface area (Å²) in [6.07, 6.45) is 3.78. The van der Waals surface area contributed by atoms with E-state index in [1.54, 1.807) is 7.11 Å². The summed E-state index contributed by atoms with van der Waals surface area (Å²) >= 11 is 0. The maximum Gasteiger partial charge on any atom is 0.237 e. The number of hydrogen-bond acceptors (Lipinski definition) is 4. The summed E-state index contributed by atoms with van der Waals surface area (Å²) < 4.78 is 4.85. The Bertz CT molecular complexity index is 280. The maximum atomic E-state index is 11.5. The second-order valence-corrected chi connectivity index (χ2v) is 4.62. The summed E-state index contributed by atoms with van der Waals surface area (Å²) in [6.45, 7) is 0.954. The van der Waals surface area contributed by atoms with Crippen LogP contribution in [-0.2, 0) is 14.3 Å². The lowest BCUT2D eigenvalue weighted by Gasteiger charge is -2.11. The average Bonchev–Trinajstić information content (AvgIpc) is 3.15. The van der Waals surface area contributed by atoms with Gasteiger partial charge in [0.2, 0.25) is 11.8 Å². The largest absolute Gasteiger partial charge is 0.385 e. The van der Waals surface area contributed by atoms with Crippen LogP contribution in [0, 0.1) is 0 Å². The molecule has 0 saturated heterocycles. The van der Waals surface area contributed by atoms with Crippen molar-refractivity contribution in [2.24, 2.45) is 5.73 Å². The van der Waals surface area contributed by atoms with Gasteiger partial charge in [0.1, 0.15) is 0 Å². The van der Waals surface area contributed by atoms with Crippen LogP contribution in [0.25, 0.3) is 0 Å². The first-order chi connectivity index (χ1) is 8.63. The summed E-state index contributed by atoms with van der Waals surface area (Å²) in [5, 5.41) is 5.62. The number of amides is 2. The third-order valence-electron chi connectivity index (χ3n) is 2.79. The van der Waals surface area contributed by atoms with Gasteiger partial charge in [0.05, 0.1) is 6.04 Å². The fourth-order valence-electron chi connectivity index (χ4n) is 1.50. The summed E-state index contributed by atoms with van der Waals surface area (Å²) in [6, 6.07) is -0.139. The Morgan fingerprint density at radius 3 is 2.78 bits per heavy atom. The quantitative estimate of drug-likeness (QED) is 0.487. The highest BCUT2D eigenvalue weighted by Crippen LogP contribution is 2.18. The molecule has 1 aliphatic rings.